The van der Waals surface area contributed by atoms with E-state index >= 15 is 0 Å². The fourth-order valence-corrected chi connectivity index (χ4v) is 5.72. The van der Waals surface area contributed by atoms with Crippen molar-refractivity contribution in [2.45, 2.75) is 56.8 Å². The van der Waals surface area contributed by atoms with Gasteiger partial charge in [-0.2, -0.15) is 10.1 Å². The van der Waals surface area contributed by atoms with E-state index in [2.05, 4.69) is 91.9 Å². The van der Waals surface area contributed by atoms with Gasteiger partial charge in [0.05, 0.1) is 16.8 Å². The number of piperidine rings is 1. The van der Waals surface area contributed by atoms with Crippen LogP contribution in [0.5, 0.6) is 11.6 Å². The average molecular weight is 543 g/mol. The Morgan fingerprint density at radius 3 is 2.46 bits per heavy atom. The van der Waals surface area contributed by atoms with E-state index in [1.807, 2.05) is 25.5 Å². The van der Waals surface area contributed by atoms with Crippen LogP contribution in [0, 0.1) is 6.92 Å². The molecule has 1 fully saturated rings. The molecule has 204 valence electrons. The number of aromatic nitrogens is 4. The third-order valence-electron chi connectivity index (χ3n) is 7.23. The lowest BCUT2D eigenvalue weighted by molar-refractivity contribution is 0.255. The van der Waals surface area contributed by atoms with Crippen LogP contribution in [0.3, 0.4) is 0 Å². The van der Waals surface area contributed by atoms with Crippen molar-refractivity contribution in [3.63, 3.8) is 0 Å². The molecular formula is C31H38N6OS. The normalized spacial score (nSPS) is 14.9. The maximum Gasteiger partial charge on any atom is 0.237 e. The number of aryl methyl sites for hydroxylation is 2. The predicted molar refractivity (Wildman–Crippen MR) is 160 cm³/mol. The first-order valence-electron chi connectivity index (χ1n) is 13.5. The topological polar surface area (TPSA) is 68.1 Å². The molecule has 2 aromatic heterocycles. The Morgan fingerprint density at radius 2 is 1.77 bits per heavy atom. The number of likely N-dealkylation sites (tertiary alicyclic amines) is 1. The molecule has 8 heteroatoms. The van der Waals surface area contributed by atoms with E-state index < -0.39 is 0 Å². The summed E-state index contributed by atoms with van der Waals surface area (Å²) in [5.41, 5.74) is 5.17. The molecule has 0 amide bonds. The first-order valence-corrected chi connectivity index (χ1v) is 14.4. The van der Waals surface area contributed by atoms with Crippen LogP contribution in [0.1, 0.15) is 56.2 Å². The van der Waals surface area contributed by atoms with Crippen molar-refractivity contribution in [3.05, 3.63) is 77.6 Å². The molecule has 0 aliphatic carbocycles. The van der Waals surface area contributed by atoms with E-state index in [0.717, 1.165) is 59.0 Å². The number of nitrogens with one attached hydrogen (secondary N) is 1. The first kappa shape index (κ1) is 27.2. The van der Waals surface area contributed by atoms with Gasteiger partial charge in [-0.3, -0.25) is 9.40 Å². The number of nitrogens with zero attached hydrogens (tertiary/aromatic N) is 5. The molecule has 1 aliphatic rings. The zero-order valence-corrected chi connectivity index (χ0v) is 24.5. The molecule has 7 nitrogen and oxygen atoms in total. The number of hydrogen-bond donors (Lipinski definition) is 1. The predicted octanol–water partition coefficient (Wildman–Crippen LogP) is 7.20. The molecule has 0 unspecified atom stereocenters. The van der Waals surface area contributed by atoms with Crippen LogP contribution >= 0.6 is 11.9 Å². The molecule has 1 saturated heterocycles. The van der Waals surface area contributed by atoms with Gasteiger partial charge < -0.3 is 9.64 Å². The van der Waals surface area contributed by atoms with Gasteiger partial charge >= 0.3 is 0 Å². The third-order valence-corrected chi connectivity index (χ3v) is 7.96. The Hall–Kier alpha value is -3.36. The first-order chi connectivity index (χ1) is 18.7. The summed E-state index contributed by atoms with van der Waals surface area (Å²) in [6.45, 7) is 10.9. The fraction of sp³-hybridized carbons (Fsp3) is 0.387. The molecule has 39 heavy (non-hydrogen) atoms. The minimum Gasteiger partial charge on any atom is -0.439 e. The number of anilines is 1. The van der Waals surface area contributed by atoms with Crippen LogP contribution in [0.25, 0.3) is 11.3 Å². The Bertz CT molecular complexity index is 1440. The third kappa shape index (κ3) is 6.45. The van der Waals surface area contributed by atoms with E-state index in [1.54, 1.807) is 4.68 Å². The quantitative estimate of drug-likeness (QED) is 0.248. The zero-order valence-electron chi connectivity index (χ0n) is 23.7. The van der Waals surface area contributed by atoms with E-state index in [0.29, 0.717) is 17.7 Å². The van der Waals surface area contributed by atoms with Crippen LogP contribution in [0.2, 0.25) is 0 Å². The van der Waals surface area contributed by atoms with Gasteiger partial charge in [0.1, 0.15) is 5.75 Å². The molecular weight excluding hydrogens is 504 g/mol. The molecule has 0 spiro atoms. The monoisotopic (exact) mass is 542 g/mol. The summed E-state index contributed by atoms with van der Waals surface area (Å²) in [5, 5.41) is 4.26. The molecule has 2 aromatic carbocycles. The second-order valence-corrected chi connectivity index (χ2v) is 12.3. The van der Waals surface area contributed by atoms with Gasteiger partial charge in [0.2, 0.25) is 11.8 Å². The minimum absolute atomic E-state index is 0.256. The average Bonchev–Trinajstić information content (AvgIpc) is 3.32. The van der Waals surface area contributed by atoms with E-state index in [1.165, 1.54) is 17.5 Å². The summed E-state index contributed by atoms with van der Waals surface area (Å²) in [6, 6.07) is 16.9. The van der Waals surface area contributed by atoms with Gasteiger partial charge in [-0.15, -0.1) is 0 Å². The van der Waals surface area contributed by atoms with E-state index in [9.17, 15) is 0 Å². The highest BCUT2D eigenvalue weighted by Crippen LogP contribution is 2.42. The smallest absolute Gasteiger partial charge is 0.237 e. The van der Waals surface area contributed by atoms with Crippen LogP contribution in [0.15, 0.2) is 65.8 Å². The number of benzene rings is 2. The number of rotatable bonds is 7. The van der Waals surface area contributed by atoms with Crippen molar-refractivity contribution in [1.29, 1.82) is 0 Å². The maximum absolute atomic E-state index is 6.66. The zero-order chi connectivity index (χ0) is 27.6. The summed E-state index contributed by atoms with van der Waals surface area (Å²) < 4.78 is 11.8. The van der Waals surface area contributed by atoms with Crippen LogP contribution in [0.4, 0.5) is 5.95 Å². The van der Waals surface area contributed by atoms with Gasteiger partial charge in [0.25, 0.3) is 0 Å². The molecule has 0 bridgehead atoms. The number of ether oxygens (including phenoxy) is 1. The lowest BCUT2D eigenvalue weighted by atomic mass is 9.84. The van der Waals surface area contributed by atoms with E-state index in [-0.39, 0.29) is 5.41 Å². The molecule has 1 aliphatic heterocycles. The van der Waals surface area contributed by atoms with Crippen LogP contribution < -0.4 is 9.46 Å². The number of hydrogen-bond acceptors (Lipinski definition) is 7. The summed E-state index contributed by atoms with van der Waals surface area (Å²) in [4.78, 5) is 13.3. The summed E-state index contributed by atoms with van der Waals surface area (Å²) in [5.74, 6) is 2.42. The molecule has 0 atom stereocenters. The van der Waals surface area contributed by atoms with Gasteiger partial charge in [0.15, 0.2) is 0 Å². The van der Waals surface area contributed by atoms with Gasteiger partial charge in [-0.05, 0) is 86.4 Å². The molecule has 5 rings (SSSR count). The van der Waals surface area contributed by atoms with Crippen molar-refractivity contribution < 1.29 is 4.74 Å². The standard InChI is InChI=1S/C31H38N6OS/c1-21-10-7-8-13-26(21)28-27(31(2,3)4)29(34-30(33-28)35-39-25-19-32-37(6)20-25)38-24-12-9-11-23(18-24)22-14-16-36(5)17-15-22/h7-13,18-20,22H,14-17H2,1-6H3,(H,33,34,35). The van der Waals surface area contributed by atoms with Crippen molar-refractivity contribution in [2.75, 3.05) is 24.9 Å². The summed E-state index contributed by atoms with van der Waals surface area (Å²) in [7, 11) is 4.10. The lowest BCUT2D eigenvalue weighted by Gasteiger charge is -2.29. The Morgan fingerprint density at radius 1 is 1.00 bits per heavy atom. The fourth-order valence-electron chi connectivity index (χ4n) is 5.11. The maximum atomic E-state index is 6.66. The molecule has 4 aromatic rings. The van der Waals surface area contributed by atoms with Crippen molar-refractivity contribution in [2.24, 2.45) is 7.05 Å². The Balaban J connectivity index is 1.56. The summed E-state index contributed by atoms with van der Waals surface area (Å²) >= 11 is 1.43. The van der Waals surface area contributed by atoms with Gasteiger partial charge in [-0.25, -0.2) is 4.98 Å². The van der Waals surface area contributed by atoms with Crippen molar-refractivity contribution in [3.8, 4) is 22.9 Å². The summed E-state index contributed by atoms with van der Waals surface area (Å²) in [6.07, 6.45) is 6.10. The van der Waals surface area contributed by atoms with Crippen molar-refractivity contribution in [1.82, 2.24) is 24.6 Å². The minimum atomic E-state index is -0.256. The highest BCUT2D eigenvalue weighted by molar-refractivity contribution is 8.00. The van der Waals surface area contributed by atoms with Crippen LogP contribution in [-0.4, -0.2) is 44.8 Å². The van der Waals surface area contributed by atoms with E-state index in [4.69, 9.17) is 14.7 Å². The molecule has 0 radical (unpaired) electrons. The lowest BCUT2D eigenvalue weighted by Crippen LogP contribution is -2.29. The molecule has 0 saturated carbocycles. The Labute approximate surface area is 236 Å². The molecule has 3 heterocycles. The van der Waals surface area contributed by atoms with Crippen LogP contribution in [-0.2, 0) is 12.5 Å². The SMILES string of the molecule is Cc1ccccc1-c1nc(NSc2cnn(C)c2)nc(Oc2cccc(C3CCN(C)CC3)c2)c1C(C)(C)C. The second-order valence-electron chi connectivity index (χ2n) is 11.4. The van der Waals surface area contributed by atoms with Crippen molar-refractivity contribution >= 4 is 17.9 Å². The molecule has 1 N–H and O–H groups in total. The Kier molecular flexibility index (Phi) is 7.96. The van der Waals surface area contributed by atoms with Gasteiger partial charge in [-0.1, -0.05) is 57.2 Å². The second kappa shape index (κ2) is 11.4. The van der Waals surface area contributed by atoms with Gasteiger partial charge in [0, 0.05) is 24.4 Å². The largest absolute Gasteiger partial charge is 0.439 e. The highest BCUT2D eigenvalue weighted by atomic mass is 32.2. The highest BCUT2D eigenvalue weighted by Gasteiger charge is 2.29.